The molecule has 2 atom stereocenters. The second kappa shape index (κ2) is 3.90. The molecular weight excluding hydrogens is 169 g/mol. The first kappa shape index (κ1) is 9.37. The van der Waals surface area contributed by atoms with E-state index in [4.69, 9.17) is 0 Å². The minimum Gasteiger partial charge on any atom is -0.312 e. The second-order valence-corrected chi connectivity index (χ2v) is 4.08. The van der Waals surface area contributed by atoms with Crippen molar-refractivity contribution in [2.24, 2.45) is 0 Å². The van der Waals surface area contributed by atoms with E-state index in [0.717, 1.165) is 32.7 Å². The van der Waals surface area contributed by atoms with Crippen molar-refractivity contribution in [1.29, 1.82) is 0 Å². The second-order valence-electron chi connectivity index (χ2n) is 4.08. The van der Waals surface area contributed by atoms with E-state index in [2.05, 4.69) is 22.2 Å². The molecule has 2 fully saturated rings. The highest BCUT2D eigenvalue weighted by Crippen LogP contribution is 2.14. The van der Waals surface area contributed by atoms with Gasteiger partial charge in [0.05, 0.1) is 6.04 Å². The van der Waals surface area contributed by atoms with Crippen LogP contribution in [-0.2, 0) is 0 Å². The Morgan fingerprint density at radius 3 is 2.38 bits per heavy atom. The van der Waals surface area contributed by atoms with E-state index in [1.807, 2.05) is 0 Å². The molecule has 0 bridgehead atoms. The zero-order valence-electron chi connectivity index (χ0n) is 8.17. The third-order valence-corrected chi connectivity index (χ3v) is 3.12. The Balaban J connectivity index is 1.86. The van der Waals surface area contributed by atoms with Gasteiger partial charge in [-0.3, -0.25) is 4.90 Å². The smallest absolute Gasteiger partial charge is 0.129 e. The number of halogens is 1. The molecule has 0 aromatic heterocycles. The summed E-state index contributed by atoms with van der Waals surface area (Å²) in [4.78, 5) is 4.58. The van der Waals surface area contributed by atoms with Gasteiger partial charge in [-0.05, 0) is 7.05 Å². The Bertz CT molecular complexity index is 168. The topological polar surface area (TPSA) is 18.5 Å². The van der Waals surface area contributed by atoms with Gasteiger partial charge in [0.25, 0.3) is 0 Å². The van der Waals surface area contributed by atoms with E-state index in [1.54, 1.807) is 0 Å². The predicted octanol–water partition coefficient (Wildman–Crippen LogP) is -0.456. The van der Waals surface area contributed by atoms with Gasteiger partial charge in [-0.1, -0.05) is 0 Å². The van der Waals surface area contributed by atoms with Crippen LogP contribution in [0.25, 0.3) is 0 Å². The van der Waals surface area contributed by atoms with Crippen LogP contribution in [0.15, 0.2) is 0 Å². The van der Waals surface area contributed by atoms with Gasteiger partial charge in [0.15, 0.2) is 0 Å². The van der Waals surface area contributed by atoms with Crippen LogP contribution in [0, 0.1) is 0 Å². The number of alkyl halides is 1. The molecule has 76 valence electrons. The number of nitrogens with one attached hydrogen (secondary N) is 1. The van der Waals surface area contributed by atoms with Crippen molar-refractivity contribution in [1.82, 2.24) is 15.1 Å². The van der Waals surface area contributed by atoms with Crippen LogP contribution in [0.1, 0.15) is 0 Å². The lowest BCUT2D eigenvalue weighted by Crippen LogP contribution is -2.52. The highest BCUT2D eigenvalue weighted by Gasteiger charge is 2.32. The molecule has 0 aromatic rings. The SMILES string of the molecule is CN1CCN(C2CNCC2F)CC1. The van der Waals surface area contributed by atoms with Gasteiger partial charge in [-0.2, -0.15) is 0 Å². The fourth-order valence-corrected chi connectivity index (χ4v) is 2.14. The number of piperazine rings is 1. The van der Waals surface area contributed by atoms with Gasteiger partial charge >= 0.3 is 0 Å². The van der Waals surface area contributed by atoms with E-state index in [0.29, 0.717) is 6.54 Å². The summed E-state index contributed by atoms with van der Waals surface area (Å²) >= 11 is 0. The molecule has 0 aliphatic carbocycles. The van der Waals surface area contributed by atoms with E-state index < -0.39 is 6.17 Å². The summed E-state index contributed by atoms with van der Waals surface area (Å²) < 4.78 is 13.4. The average molecular weight is 187 g/mol. The highest BCUT2D eigenvalue weighted by atomic mass is 19.1. The van der Waals surface area contributed by atoms with E-state index in [-0.39, 0.29) is 6.04 Å². The van der Waals surface area contributed by atoms with Crippen LogP contribution in [0.3, 0.4) is 0 Å². The van der Waals surface area contributed by atoms with Crippen molar-refractivity contribution in [3.8, 4) is 0 Å². The maximum Gasteiger partial charge on any atom is 0.129 e. The standard InChI is InChI=1S/C9H18FN3/c1-12-2-4-13(5-3-12)9-7-11-6-8(9)10/h8-9,11H,2-7H2,1H3. The number of rotatable bonds is 1. The molecule has 2 aliphatic heterocycles. The monoisotopic (exact) mass is 187 g/mol. The first-order valence-electron chi connectivity index (χ1n) is 5.05. The summed E-state index contributed by atoms with van der Waals surface area (Å²) in [5.74, 6) is 0. The molecule has 2 aliphatic rings. The first-order chi connectivity index (χ1) is 6.27. The van der Waals surface area contributed by atoms with Gasteiger partial charge in [0.1, 0.15) is 6.17 Å². The molecule has 2 saturated heterocycles. The molecule has 0 aromatic carbocycles. The minimum absolute atomic E-state index is 0.133. The first-order valence-corrected chi connectivity index (χ1v) is 5.05. The average Bonchev–Trinajstić information content (AvgIpc) is 2.53. The van der Waals surface area contributed by atoms with Crippen LogP contribution >= 0.6 is 0 Å². The van der Waals surface area contributed by atoms with Gasteiger partial charge in [-0.25, -0.2) is 4.39 Å². The zero-order chi connectivity index (χ0) is 9.26. The summed E-state index contributed by atoms with van der Waals surface area (Å²) in [7, 11) is 2.12. The van der Waals surface area contributed by atoms with Crippen LogP contribution in [-0.4, -0.2) is 68.3 Å². The zero-order valence-corrected chi connectivity index (χ0v) is 8.17. The summed E-state index contributed by atoms with van der Waals surface area (Å²) in [5, 5.41) is 3.10. The van der Waals surface area contributed by atoms with Crippen molar-refractivity contribution in [2.75, 3.05) is 46.3 Å². The van der Waals surface area contributed by atoms with E-state index in [1.165, 1.54) is 0 Å². The quantitative estimate of drug-likeness (QED) is 0.599. The van der Waals surface area contributed by atoms with Gasteiger partial charge in [0.2, 0.25) is 0 Å². The molecule has 2 unspecified atom stereocenters. The molecule has 2 rings (SSSR count). The summed E-state index contributed by atoms with van der Waals surface area (Å²) in [6, 6.07) is 0.133. The summed E-state index contributed by atoms with van der Waals surface area (Å²) in [5.41, 5.74) is 0. The molecule has 1 N–H and O–H groups in total. The molecule has 13 heavy (non-hydrogen) atoms. The van der Waals surface area contributed by atoms with E-state index >= 15 is 0 Å². The van der Waals surface area contributed by atoms with E-state index in [9.17, 15) is 4.39 Å². The maximum atomic E-state index is 13.4. The van der Waals surface area contributed by atoms with Crippen molar-refractivity contribution in [3.05, 3.63) is 0 Å². The van der Waals surface area contributed by atoms with Crippen LogP contribution < -0.4 is 5.32 Å². The maximum absolute atomic E-state index is 13.4. The lowest BCUT2D eigenvalue weighted by atomic mass is 10.1. The highest BCUT2D eigenvalue weighted by molar-refractivity contribution is 4.90. The molecule has 0 radical (unpaired) electrons. The van der Waals surface area contributed by atoms with Crippen molar-refractivity contribution < 1.29 is 4.39 Å². The fourth-order valence-electron chi connectivity index (χ4n) is 2.14. The molecule has 0 spiro atoms. The molecule has 3 nitrogen and oxygen atoms in total. The summed E-state index contributed by atoms with van der Waals surface area (Å²) in [6.45, 7) is 5.54. The number of hydrogen-bond donors (Lipinski definition) is 1. The number of nitrogens with zero attached hydrogens (tertiary/aromatic N) is 2. The van der Waals surface area contributed by atoms with Gasteiger partial charge in [-0.15, -0.1) is 0 Å². The van der Waals surface area contributed by atoms with Crippen LogP contribution in [0.4, 0.5) is 4.39 Å². The number of likely N-dealkylation sites (N-methyl/N-ethyl adjacent to an activating group) is 1. The minimum atomic E-state index is -0.664. The Morgan fingerprint density at radius 1 is 1.15 bits per heavy atom. The Morgan fingerprint density at radius 2 is 1.85 bits per heavy atom. The molecule has 0 amide bonds. The van der Waals surface area contributed by atoms with Crippen LogP contribution in [0.2, 0.25) is 0 Å². The molecule has 2 heterocycles. The van der Waals surface area contributed by atoms with Crippen molar-refractivity contribution >= 4 is 0 Å². The lowest BCUT2D eigenvalue weighted by Gasteiger charge is -2.36. The van der Waals surface area contributed by atoms with Crippen LogP contribution in [0.5, 0.6) is 0 Å². The normalized spacial score (nSPS) is 38.3. The third kappa shape index (κ3) is 2.00. The Kier molecular flexibility index (Phi) is 2.81. The largest absolute Gasteiger partial charge is 0.312 e. The lowest BCUT2D eigenvalue weighted by molar-refractivity contribution is 0.0865. The van der Waals surface area contributed by atoms with Crippen molar-refractivity contribution in [2.45, 2.75) is 12.2 Å². The Hall–Kier alpha value is -0.190. The molecule has 0 saturated carbocycles. The van der Waals surface area contributed by atoms with Gasteiger partial charge in [0, 0.05) is 39.3 Å². The fraction of sp³-hybridized carbons (Fsp3) is 1.00. The Labute approximate surface area is 78.9 Å². The third-order valence-electron chi connectivity index (χ3n) is 3.12. The summed E-state index contributed by atoms with van der Waals surface area (Å²) in [6.07, 6.45) is -0.664. The molecule has 4 heteroatoms. The molecular formula is C9H18FN3. The number of hydrogen-bond acceptors (Lipinski definition) is 3. The predicted molar refractivity (Wildman–Crippen MR) is 50.6 cm³/mol. The van der Waals surface area contributed by atoms with Gasteiger partial charge < -0.3 is 10.2 Å². The van der Waals surface area contributed by atoms with Crippen molar-refractivity contribution in [3.63, 3.8) is 0 Å².